The number of rotatable bonds is 4. The van der Waals surface area contributed by atoms with E-state index in [1.165, 1.54) is 30.3 Å². The molecule has 2 aromatic rings. The Kier molecular flexibility index (Phi) is 4.17. The molecule has 1 amide bonds. The SMILES string of the molecule is Cc1cccc(C(=O)Nc2cccc(C(=O)O)c2)c1[N+](=O)[O-]. The minimum absolute atomic E-state index is 0.0107. The van der Waals surface area contributed by atoms with Crippen molar-refractivity contribution in [1.82, 2.24) is 0 Å². The fourth-order valence-electron chi connectivity index (χ4n) is 2.01. The lowest BCUT2D eigenvalue weighted by Gasteiger charge is -2.07. The lowest BCUT2D eigenvalue weighted by molar-refractivity contribution is -0.385. The monoisotopic (exact) mass is 300 g/mol. The Labute approximate surface area is 125 Å². The van der Waals surface area contributed by atoms with Gasteiger partial charge in [-0.1, -0.05) is 18.2 Å². The Morgan fingerprint density at radius 3 is 2.50 bits per heavy atom. The van der Waals surface area contributed by atoms with Gasteiger partial charge in [-0.25, -0.2) is 4.79 Å². The summed E-state index contributed by atoms with van der Waals surface area (Å²) in [5.41, 5.74) is 0.286. The predicted molar refractivity (Wildman–Crippen MR) is 79.2 cm³/mol. The molecule has 0 spiro atoms. The maximum Gasteiger partial charge on any atom is 0.335 e. The van der Waals surface area contributed by atoms with Gasteiger partial charge < -0.3 is 10.4 Å². The van der Waals surface area contributed by atoms with Crippen molar-refractivity contribution < 1.29 is 19.6 Å². The number of nitro groups is 1. The van der Waals surface area contributed by atoms with E-state index in [1.54, 1.807) is 19.1 Å². The summed E-state index contributed by atoms with van der Waals surface area (Å²) >= 11 is 0. The third-order valence-electron chi connectivity index (χ3n) is 3.03. The van der Waals surface area contributed by atoms with Crippen molar-refractivity contribution in [2.45, 2.75) is 6.92 Å². The Balaban J connectivity index is 2.34. The Bertz CT molecular complexity index is 770. The van der Waals surface area contributed by atoms with Crippen molar-refractivity contribution in [3.63, 3.8) is 0 Å². The zero-order valence-corrected chi connectivity index (χ0v) is 11.6. The number of carbonyl (C=O) groups excluding carboxylic acids is 1. The van der Waals surface area contributed by atoms with Crippen LogP contribution in [-0.4, -0.2) is 21.9 Å². The van der Waals surface area contributed by atoms with Gasteiger partial charge in [0.25, 0.3) is 11.6 Å². The van der Waals surface area contributed by atoms with Crippen molar-refractivity contribution in [1.29, 1.82) is 0 Å². The first-order valence-corrected chi connectivity index (χ1v) is 6.29. The number of nitrogens with zero attached hydrogens (tertiary/aromatic N) is 1. The third kappa shape index (κ3) is 3.09. The summed E-state index contributed by atoms with van der Waals surface area (Å²) in [7, 11) is 0. The molecule has 0 heterocycles. The molecule has 0 bridgehead atoms. The molecule has 0 atom stereocenters. The molecule has 7 heteroatoms. The molecule has 0 fully saturated rings. The van der Waals surface area contributed by atoms with Crippen molar-refractivity contribution in [2.24, 2.45) is 0 Å². The highest BCUT2D eigenvalue weighted by molar-refractivity contribution is 6.07. The Hall–Kier alpha value is -3.22. The molecule has 2 rings (SSSR count). The molecule has 0 aliphatic heterocycles. The summed E-state index contributed by atoms with van der Waals surface area (Å²) in [6, 6.07) is 10.1. The van der Waals surface area contributed by atoms with Crippen molar-refractivity contribution in [3.05, 3.63) is 69.3 Å². The summed E-state index contributed by atoms with van der Waals surface area (Å²) < 4.78 is 0. The number of aromatic carboxylic acids is 1. The van der Waals surface area contributed by atoms with E-state index in [2.05, 4.69) is 5.32 Å². The van der Waals surface area contributed by atoms with Crippen LogP contribution in [0, 0.1) is 17.0 Å². The van der Waals surface area contributed by atoms with Gasteiger partial charge in [0, 0.05) is 11.3 Å². The van der Waals surface area contributed by atoms with Gasteiger partial charge in [0.15, 0.2) is 0 Å². The van der Waals surface area contributed by atoms with Crippen LogP contribution in [-0.2, 0) is 0 Å². The average Bonchev–Trinajstić information content (AvgIpc) is 2.46. The number of carbonyl (C=O) groups is 2. The number of hydrogen-bond donors (Lipinski definition) is 2. The number of anilines is 1. The van der Waals surface area contributed by atoms with Crippen LogP contribution in [0.15, 0.2) is 42.5 Å². The highest BCUT2D eigenvalue weighted by Crippen LogP contribution is 2.24. The van der Waals surface area contributed by atoms with E-state index in [0.29, 0.717) is 5.56 Å². The fraction of sp³-hybridized carbons (Fsp3) is 0.0667. The zero-order valence-electron chi connectivity index (χ0n) is 11.6. The number of para-hydroxylation sites is 1. The molecule has 0 unspecified atom stereocenters. The topological polar surface area (TPSA) is 110 Å². The highest BCUT2D eigenvalue weighted by Gasteiger charge is 2.22. The van der Waals surface area contributed by atoms with Gasteiger partial charge in [-0.2, -0.15) is 0 Å². The number of carboxylic acids is 1. The molecule has 112 valence electrons. The second-order valence-electron chi connectivity index (χ2n) is 4.57. The van der Waals surface area contributed by atoms with Gasteiger partial charge in [-0.3, -0.25) is 14.9 Å². The van der Waals surface area contributed by atoms with Crippen LogP contribution >= 0.6 is 0 Å². The predicted octanol–water partition coefficient (Wildman–Crippen LogP) is 2.85. The quantitative estimate of drug-likeness (QED) is 0.666. The zero-order chi connectivity index (χ0) is 16.3. The van der Waals surface area contributed by atoms with E-state index >= 15 is 0 Å². The Morgan fingerprint density at radius 2 is 1.86 bits per heavy atom. The molecule has 2 aromatic carbocycles. The summed E-state index contributed by atoms with van der Waals surface area (Å²) in [6.45, 7) is 1.54. The number of nitrogens with one attached hydrogen (secondary N) is 1. The molecule has 7 nitrogen and oxygen atoms in total. The number of benzene rings is 2. The van der Waals surface area contributed by atoms with Crippen LogP contribution in [0.5, 0.6) is 0 Å². The number of hydrogen-bond acceptors (Lipinski definition) is 4. The first-order valence-electron chi connectivity index (χ1n) is 6.29. The first-order chi connectivity index (χ1) is 10.4. The van der Waals surface area contributed by atoms with E-state index in [0.717, 1.165) is 0 Å². The van der Waals surface area contributed by atoms with Gasteiger partial charge in [0.1, 0.15) is 5.56 Å². The van der Waals surface area contributed by atoms with Gasteiger partial charge in [0.05, 0.1) is 10.5 Å². The minimum atomic E-state index is -1.13. The van der Waals surface area contributed by atoms with Crippen LogP contribution in [0.25, 0.3) is 0 Å². The fourth-order valence-corrected chi connectivity index (χ4v) is 2.01. The summed E-state index contributed by atoms with van der Waals surface area (Å²) in [4.78, 5) is 33.6. The van der Waals surface area contributed by atoms with E-state index in [-0.39, 0.29) is 22.5 Å². The lowest BCUT2D eigenvalue weighted by atomic mass is 10.1. The molecule has 0 saturated heterocycles. The Morgan fingerprint density at radius 1 is 1.18 bits per heavy atom. The highest BCUT2D eigenvalue weighted by atomic mass is 16.6. The minimum Gasteiger partial charge on any atom is -0.478 e. The molecule has 0 aromatic heterocycles. The van der Waals surface area contributed by atoms with Crippen LogP contribution in [0.4, 0.5) is 11.4 Å². The summed E-state index contributed by atoms with van der Waals surface area (Å²) in [5.74, 6) is -1.80. The van der Waals surface area contributed by atoms with Crippen molar-refractivity contribution >= 4 is 23.3 Å². The van der Waals surface area contributed by atoms with Gasteiger partial charge >= 0.3 is 5.97 Å². The molecule has 0 aliphatic carbocycles. The van der Waals surface area contributed by atoms with Crippen LogP contribution in [0.2, 0.25) is 0 Å². The van der Waals surface area contributed by atoms with E-state index in [1.807, 2.05) is 0 Å². The number of carboxylic acid groups (broad SMARTS) is 1. The molecule has 0 saturated carbocycles. The molecule has 22 heavy (non-hydrogen) atoms. The molecular formula is C15H12N2O5. The first kappa shape index (κ1) is 15.2. The normalized spacial score (nSPS) is 10.0. The second kappa shape index (κ2) is 6.04. The van der Waals surface area contributed by atoms with E-state index in [9.17, 15) is 19.7 Å². The number of amides is 1. The maximum absolute atomic E-state index is 12.2. The maximum atomic E-state index is 12.2. The van der Waals surface area contributed by atoms with E-state index < -0.39 is 16.8 Å². The molecular weight excluding hydrogens is 288 g/mol. The van der Waals surface area contributed by atoms with E-state index in [4.69, 9.17) is 5.11 Å². The molecule has 2 N–H and O–H groups in total. The van der Waals surface area contributed by atoms with Crippen molar-refractivity contribution in [3.8, 4) is 0 Å². The van der Waals surface area contributed by atoms with Gasteiger partial charge in [-0.05, 0) is 31.2 Å². The van der Waals surface area contributed by atoms with Crippen LogP contribution < -0.4 is 5.32 Å². The van der Waals surface area contributed by atoms with Crippen LogP contribution in [0.1, 0.15) is 26.3 Å². The molecule has 0 radical (unpaired) electrons. The second-order valence-corrected chi connectivity index (χ2v) is 4.57. The third-order valence-corrected chi connectivity index (χ3v) is 3.03. The largest absolute Gasteiger partial charge is 0.478 e. The summed E-state index contributed by atoms with van der Waals surface area (Å²) in [5, 5.41) is 22.5. The lowest BCUT2D eigenvalue weighted by Crippen LogP contribution is -2.15. The number of nitro benzene ring substituents is 1. The van der Waals surface area contributed by atoms with Gasteiger partial charge in [-0.15, -0.1) is 0 Å². The summed E-state index contributed by atoms with van der Waals surface area (Å²) in [6.07, 6.45) is 0. The smallest absolute Gasteiger partial charge is 0.335 e. The van der Waals surface area contributed by atoms with Crippen LogP contribution in [0.3, 0.4) is 0 Å². The standard InChI is InChI=1S/C15H12N2O5/c1-9-4-2-7-12(13(9)17(21)22)14(18)16-11-6-3-5-10(8-11)15(19)20/h2-8H,1H3,(H,16,18)(H,19,20). The van der Waals surface area contributed by atoms with Gasteiger partial charge in [0.2, 0.25) is 0 Å². The molecule has 0 aliphatic rings. The number of aryl methyl sites for hydroxylation is 1. The van der Waals surface area contributed by atoms with Crippen molar-refractivity contribution in [2.75, 3.05) is 5.32 Å². The average molecular weight is 300 g/mol.